The van der Waals surface area contributed by atoms with Gasteiger partial charge in [-0.3, -0.25) is 0 Å². The molecule has 0 saturated carbocycles. The lowest BCUT2D eigenvalue weighted by Crippen LogP contribution is -2.09. The molecule has 0 aliphatic rings. The summed E-state index contributed by atoms with van der Waals surface area (Å²) in [4.78, 5) is 4.18. The largest absolute Gasteiger partial charge is 0.330 e. The van der Waals surface area contributed by atoms with Crippen molar-refractivity contribution in [2.75, 3.05) is 6.54 Å². The Bertz CT molecular complexity index is 444. The lowest BCUT2D eigenvalue weighted by molar-refractivity contribution is 0.557. The number of aryl methyl sites for hydroxylation is 1. The van der Waals surface area contributed by atoms with Crippen molar-refractivity contribution >= 4 is 0 Å². The minimum absolute atomic E-state index is 0.587. The smallest absolute Gasteiger partial charge is 0.148 e. The summed E-state index contributed by atoms with van der Waals surface area (Å²) in [7, 11) is 0. The molecule has 2 heterocycles. The number of hydrogen-bond donors (Lipinski definition) is 1. The van der Waals surface area contributed by atoms with E-state index in [2.05, 4.69) is 20.4 Å². The van der Waals surface area contributed by atoms with Crippen LogP contribution in [0.25, 0.3) is 0 Å². The molecule has 2 aromatic rings. The molecule has 0 saturated heterocycles. The Hall–Kier alpha value is -1.76. The maximum Gasteiger partial charge on any atom is 0.148 e. The second kappa shape index (κ2) is 4.84. The summed E-state index contributed by atoms with van der Waals surface area (Å²) in [5.74, 6) is 0.881. The third kappa shape index (κ3) is 2.25. The Balaban J connectivity index is 2.08. The van der Waals surface area contributed by atoms with E-state index in [9.17, 15) is 0 Å². The van der Waals surface area contributed by atoms with E-state index in [1.54, 1.807) is 11.0 Å². The lowest BCUT2D eigenvalue weighted by atomic mass is 10.3. The minimum Gasteiger partial charge on any atom is -0.330 e. The van der Waals surface area contributed by atoms with Crippen LogP contribution in [-0.2, 0) is 19.5 Å². The molecule has 2 aromatic heterocycles. The summed E-state index contributed by atoms with van der Waals surface area (Å²) in [5, 5.41) is 12.1. The van der Waals surface area contributed by atoms with Crippen LogP contribution in [0, 0.1) is 0 Å². The molecule has 0 atom stereocenters. The first-order chi connectivity index (χ1) is 7.83. The van der Waals surface area contributed by atoms with E-state index < -0.39 is 0 Å². The third-order valence-corrected chi connectivity index (χ3v) is 2.29. The van der Waals surface area contributed by atoms with Gasteiger partial charge < -0.3 is 5.73 Å². The molecule has 0 unspecified atom stereocenters. The molecular formula is C9H15N7. The van der Waals surface area contributed by atoms with Gasteiger partial charge in [-0.1, -0.05) is 5.21 Å². The predicted molar refractivity (Wildman–Crippen MR) is 57.6 cm³/mol. The molecule has 0 aliphatic carbocycles. The molecule has 86 valence electrons. The molecule has 0 amide bonds. The SMILES string of the molecule is CCn1ncnc1Cn1cc(CCN)nn1. The maximum absolute atomic E-state index is 5.45. The van der Waals surface area contributed by atoms with Gasteiger partial charge in [0.1, 0.15) is 18.7 Å². The average Bonchev–Trinajstić information content (AvgIpc) is 2.89. The molecular weight excluding hydrogens is 206 g/mol. The van der Waals surface area contributed by atoms with E-state index in [-0.39, 0.29) is 0 Å². The van der Waals surface area contributed by atoms with Crippen LogP contribution < -0.4 is 5.73 Å². The second-order valence-electron chi connectivity index (χ2n) is 3.44. The fourth-order valence-corrected chi connectivity index (χ4v) is 1.50. The van der Waals surface area contributed by atoms with Crippen molar-refractivity contribution in [3.05, 3.63) is 24.0 Å². The van der Waals surface area contributed by atoms with Crippen LogP contribution in [0.5, 0.6) is 0 Å². The van der Waals surface area contributed by atoms with Gasteiger partial charge in [0.15, 0.2) is 0 Å². The number of rotatable bonds is 5. The highest BCUT2D eigenvalue weighted by molar-refractivity contribution is 4.95. The monoisotopic (exact) mass is 221 g/mol. The van der Waals surface area contributed by atoms with E-state index in [1.807, 2.05) is 17.8 Å². The van der Waals surface area contributed by atoms with E-state index in [0.717, 1.165) is 24.5 Å². The lowest BCUT2D eigenvalue weighted by Gasteiger charge is -2.01. The molecule has 0 fully saturated rings. The highest BCUT2D eigenvalue weighted by Crippen LogP contribution is 1.99. The molecule has 0 aromatic carbocycles. The van der Waals surface area contributed by atoms with Crippen LogP contribution >= 0.6 is 0 Å². The first-order valence-electron chi connectivity index (χ1n) is 5.29. The van der Waals surface area contributed by atoms with Gasteiger partial charge >= 0.3 is 0 Å². The van der Waals surface area contributed by atoms with Crippen molar-refractivity contribution in [3.8, 4) is 0 Å². The third-order valence-electron chi connectivity index (χ3n) is 2.29. The van der Waals surface area contributed by atoms with Gasteiger partial charge in [0, 0.05) is 19.2 Å². The average molecular weight is 221 g/mol. The van der Waals surface area contributed by atoms with Crippen LogP contribution in [0.4, 0.5) is 0 Å². The molecule has 0 bridgehead atoms. The van der Waals surface area contributed by atoms with E-state index in [1.165, 1.54) is 0 Å². The van der Waals surface area contributed by atoms with Crippen LogP contribution in [0.3, 0.4) is 0 Å². The zero-order chi connectivity index (χ0) is 11.4. The summed E-state index contributed by atoms with van der Waals surface area (Å²) in [6, 6.07) is 0. The molecule has 2 rings (SSSR count). The minimum atomic E-state index is 0.587. The Morgan fingerprint density at radius 3 is 3.06 bits per heavy atom. The van der Waals surface area contributed by atoms with Crippen molar-refractivity contribution in [3.63, 3.8) is 0 Å². The van der Waals surface area contributed by atoms with Crippen molar-refractivity contribution in [1.82, 2.24) is 29.8 Å². The zero-order valence-corrected chi connectivity index (χ0v) is 9.24. The number of hydrogen-bond acceptors (Lipinski definition) is 5. The second-order valence-corrected chi connectivity index (χ2v) is 3.44. The normalized spacial score (nSPS) is 10.9. The van der Waals surface area contributed by atoms with Crippen molar-refractivity contribution in [2.45, 2.75) is 26.4 Å². The van der Waals surface area contributed by atoms with Crippen LogP contribution in [0.1, 0.15) is 18.4 Å². The molecule has 7 nitrogen and oxygen atoms in total. The Labute approximate surface area is 93.3 Å². The standard InChI is InChI=1S/C9H15N7/c1-2-16-9(11-7-12-16)6-15-5-8(3-4-10)13-14-15/h5,7H,2-4,6,10H2,1H3. The molecule has 0 spiro atoms. The highest BCUT2D eigenvalue weighted by Gasteiger charge is 2.05. The highest BCUT2D eigenvalue weighted by atomic mass is 15.4. The molecule has 0 aliphatic heterocycles. The number of nitrogens with zero attached hydrogens (tertiary/aromatic N) is 6. The molecule has 16 heavy (non-hydrogen) atoms. The van der Waals surface area contributed by atoms with Gasteiger partial charge in [0.25, 0.3) is 0 Å². The van der Waals surface area contributed by atoms with Crippen LogP contribution in [0.2, 0.25) is 0 Å². The summed E-state index contributed by atoms with van der Waals surface area (Å²) in [6.45, 7) is 4.01. The van der Waals surface area contributed by atoms with Crippen molar-refractivity contribution < 1.29 is 0 Å². The van der Waals surface area contributed by atoms with E-state index in [0.29, 0.717) is 13.1 Å². The van der Waals surface area contributed by atoms with Gasteiger partial charge in [0.05, 0.1) is 5.69 Å². The molecule has 2 N–H and O–H groups in total. The molecule has 7 heteroatoms. The fraction of sp³-hybridized carbons (Fsp3) is 0.556. The summed E-state index contributed by atoms with van der Waals surface area (Å²) in [6.07, 6.45) is 4.19. The van der Waals surface area contributed by atoms with Crippen LogP contribution in [-0.4, -0.2) is 36.3 Å². The number of aromatic nitrogens is 6. The van der Waals surface area contributed by atoms with Crippen LogP contribution in [0.15, 0.2) is 12.5 Å². The predicted octanol–water partition coefficient (Wildman–Crippen LogP) is -0.561. The van der Waals surface area contributed by atoms with Gasteiger partial charge in [-0.15, -0.1) is 5.10 Å². The summed E-state index contributed by atoms with van der Waals surface area (Å²) in [5.41, 5.74) is 6.36. The Morgan fingerprint density at radius 1 is 1.44 bits per heavy atom. The first-order valence-corrected chi connectivity index (χ1v) is 5.29. The van der Waals surface area contributed by atoms with E-state index >= 15 is 0 Å². The summed E-state index contributed by atoms with van der Waals surface area (Å²) >= 11 is 0. The van der Waals surface area contributed by atoms with Gasteiger partial charge in [-0.05, 0) is 13.5 Å². The zero-order valence-electron chi connectivity index (χ0n) is 9.24. The van der Waals surface area contributed by atoms with Crippen molar-refractivity contribution in [1.29, 1.82) is 0 Å². The van der Waals surface area contributed by atoms with E-state index in [4.69, 9.17) is 5.73 Å². The molecule has 0 radical (unpaired) electrons. The van der Waals surface area contributed by atoms with Gasteiger partial charge in [0.2, 0.25) is 0 Å². The fourth-order valence-electron chi connectivity index (χ4n) is 1.50. The quantitative estimate of drug-likeness (QED) is 0.731. The topological polar surface area (TPSA) is 87.4 Å². The number of nitrogens with two attached hydrogens (primary N) is 1. The van der Waals surface area contributed by atoms with Gasteiger partial charge in [-0.25, -0.2) is 14.3 Å². The van der Waals surface area contributed by atoms with Gasteiger partial charge in [-0.2, -0.15) is 5.10 Å². The Morgan fingerprint density at radius 2 is 2.31 bits per heavy atom. The van der Waals surface area contributed by atoms with Crippen molar-refractivity contribution in [2.24, 2.45) is 5.73 Å². The first kappa shape index (κ1) is 10.7. The summed E-state index contributed by atoms with van der Waals surface area (Å²) < 4.78 is 3.59. The maximum atomic E-state index is 5.45. The Kier molecular flexibility index (Phi) is 3.25.